The van der Waals surface area contributed by atoms with Crippen molar-refractivity contribution in [1.29, 1.82) is 0 Å². The number of ether oxygens (including phenoxy) is 2. The van der Waals surface area contributed by atoms with E-state index in [1.807, 2.05) is 38.1 Å². The van der Waals surface area contributed by atoms with Crippen LogP contribution in [-0.4, -0.2) is 23.2 Å². The van der Waals surface area contributed by atoms with Crippen molar-refractivity contribution in [2.45, 2.75) is 13.8 Å². The Morgan fingerprint density at radius 1 is 0.963 bits per heavy atom. The molecule has 1 aromatic heterocycles. The van der Waals surface area contributed by atoms with Crippen LogP contribution in [0.2, 0.25) is 5.02 Å². The standard InChI is InChI=1S/C20H19ClN4O2/c1-12-9-13(2)19(15(21)10-12)24-18-5-6-22-20(25-18)23-14-3-4-16-17(11-14)27-8-7-26-16/h3-6,9-11H,7-8H2,1-2H3,(H2,22,23,24,25). The van der Waals surface area contributed by atoms with Gasteiger partial charge in [0.05, 0.1) is 10.7 Å². The summed E-state index contributed by atoms with van der Waals surface area (Å²) in [6.45, 7) is 5.14. The van der Waals surface area contributed by atoms with E-state index in [4.69, 9.17) is 21.1 Å². The quantitative estimate of drug-likeness (QED) is 0.661. The molecule has 0 radical (unpaired) electrons. The number of hydrogen-bond acceptors (Lipinski definition) is 6. The van der Waals surface area contributed by atoms with Gasteiger partial charge >= 0.3 is 0 Å². The Labute approximate surface area is 162 Å². The van der Waals surface area contributed by atoms with Crippen molar-refractivity contribution >= 4 is 34.7 Å². The van der Waals surface area contributed by atoms with Crippen molar-refractivity contribution in [2.75, 3.05) is 23.8 Å². The average Bonchev–Trinajstić information content (AvgIpc) is 2.65. The van der Waals surface area contributed by atoms with Gasteiger partial charge in [-0.15, -0.1) is 0 Å². The van der Waals surface area contributed by atoms with Crippen LogP contribution in [0.1, 0.15) is 11.1 Å². The highest BCUT2D eigenvalue weighted by atomic mass is 35.5. The van der Waals surface area contributed by atoms with E-state index in [0.717, 1.165) is 28.3 Å². The second-order valence-electron chi connectivity index (χ2n) is 6.31. The van der Waals surface area contributed by atoms with E-state index < -0.39 is 0 Å². The Morgan fingerprint density at radius 3 is 2.59 bits per heavy atom. The normalized spacial score (nSPS) is 12.6. The van der Waals surface area contributed by atoms with Crippen molar-refractivity contribution in [2.24, 2.45) is 0 Å². The Balaban J connectivity index is 1.55. The van der Waals surface area contributed by atoms with Gasteiger partial charge < -0.3 is 20.1 Å². The van der Waals surface area contributed by atoms with Crippen LogP contribution < -0.4 is 20.1 Å². The van der Waals surface area contributed by atoms with E-state index >= 15 is 0 Å². The lowest BCUT2D eigenvalue weighted by atomic mass is 10.1. The predicted molar refractivity (Wildman–Crippen MR) is 107 cm³/mol. The Morgan fingerprint density at radius 2 is 1.78 bits per heavy atom. The number of fused-ring (bicyclic) bond motifs is 1. The van der Waals surface area contributed by atoms with Crippen LogP contribution in [0.3, 0.4) is 0 Å². The van der Waals surface area contributed by atoms with Gasteiger partial charge in [0.15, 0.2) is 11.5 Å². The Kier molecular flexibility index (Phi) is 4.73. The van der Waals surface area contributed by atoms with Crippen LogP contribution in [0.25, 0.3) is 0 Å². The summed E-state index contributed by atoms with van der Waals surface area (Å²) in [4.78, 5) is 8.80. The molecule has 138 valence electrons. The molecule has 0 atom stereocenters. The molecular weight excluding hydrogens is 364 g/mol. The maximum atomic E-state index is 6.37. The number of halogens is 1. The number of aryl methyl sites for hydroxylation is 2. The molecule has 27 heavy (non-hydrogen) atoms. The summed E-state index contributed by atoms with van der Waals surface area (Å²) < 4.78 is 11.1. The number of nitrogens with zero attached hydrogens (tertiary/aromatic N) is 2. The van der Waals surface area contributed by atoms with E-state index in [2.05, 4.69) is 26.7 Å². The van der Waals surface area contributed by atoms with Gasteiger partial charge in [-0.05, 0) is 49.2 Å². The second-order valence-corrected chi connectivity index (χ2v) is 6.72. The van der Waals surface area contributed by atoms with Crippen molar-refractivity contribution in [3.8, 4) is 11.5 Å². The first kappa shape index (κ1) is 17.4. The SMILES string of the molecule is Cc1cc(C)c(Nc2ccnc(Nc3ccc4c(c3)OCCO4)n2)c(Cl)c1. The van der Waals surface area contributed by atoms with E-state index in [0.29, 0.717) is 35.8 Å². The molecule has 1 aliphatic heterocycles. The monoisotopic (exact) mass is 382 g/mol. The van der Waals surface area contributed by atoms with E-state index in [9.17, 15) is 0 Å². The van der Waals surface area contributed by atoms with Gasteiger partial charge in [0.1, 0.15) is 19.0 Å². The topological polar surface area (TPSA) is 68.3 Å². The van der Waals surface area contributed by atoms with Crippen LogP contribution in [0.4, 0.5) is 23.1 Å². The highest BCUT2D eigenvalue weighted by Crippen LogP contribution is 2.33. The maximum Gasteiger partial charge on any atom is 0.229 e. The van der Waals surface area contributed by atoms with Gasteiger partial charge in [-0.2, -0.15) is 4.98 Å². The third-order valence-electron chi connectivity index (χ3n) is 4.14. The van der Waals surface area contributed by atoms with Crippen molar-refractivity contribution in [3.63, 3.8) is 0 Å². The second kappa shape index (κ2) is 7.32. The molecule has 0 unspecified atom stereocenters. The number of hydrogen-bond donors (Lipinski definition) is 2. The molecule has 0 aliphatic carbocycles. The summed E-state index contributed by atoms with van der Waals surface area (Å²) in [5, 5.41) is 7.12. The number of nitrogens with one attached hydrogen (secondary N) is 2. The number of rotatable bonds is 4. The van der Waals surface area contributed by atoms with Crippen molar-refractivity contribution in [1.82, 2.24) is 9.97 Å². The summed E-state index contributed by atoms with van der Waals surface area (Å²) in [7, 11) is 0. The molecule has 0 fully saturated rings. The number of anilines is 4. The van der Waals surface area contributed by atoms with Crippen LogP contribution >= 0.6 is 11.6 Å². The van der Waals surface area contributed by atoms with Crippen molar-refractivity contribution < 1.29 is 9.47 Å². The third kappa shape index (κ3) is 3.90. The lowest BCUT2D eigenvalue weighted by molar-refractivity contribution is 0.171. The zero-order chi connectivity index (χ0) is 18.8. The summed E-state index contributed by atoms with van der Waals surface area (Å²) in [5.41, 5.74) is 3.83. The molecule has 2 aromatic carbocycles. The lowest BCUT2D eigenvalue weighted by Gasteiger charge is -2.19. The van der Waals surface area contributed by atoms with Crippen LogP contribution in [0.15, 0.2) is 42.6 Å². The summed E-state index contributed by atoms with van der Waals surface area (Å²) >= 11 is 6.37. The first-order valence-electron chi connectivity index (χ1n) is 8.62. The highest BCUT2D eigenvalue weighted by Gasteiger charge is 2.12. The van der Waals surface area contributed by atoms with Gasteiger partial charge in [-0.3, -0.25) is 0 Å². The molecule has 0 spiro atoms. The first-order valence-corrected chi connectivity index (χ1v) is 9.00. The molecule has 6 nitrogen and oxygen atoms in total. The van der Waals surface area contributed by atoms with Gasteiger partial charge in [0.2, 0.25) is 5.95 Å². The summed E-state index contributed by atoms with van der Waals surface area (Å²) in [6, 6.07) is 11.4. The average molecular weight is 383 g/mol. The van der Waals surface area contributed by atoms with E-state index in [1.54, 1.807) is 12.3 Å². The van der Waals surface area contributed by atoms with Crippen LogP contribution in [-0.2, 0) is 0 Å². The molecule has 0 saturated carbocycles. The molecule has 0 saturated heterocycles. The van der Waals surface area contributed by atoms with Gasteiger partial charge in [-0.1, -0.05) is 17.7 Å². The minimum absolute atomic E-state index is 0.470. The highest BCUT2D eigenvalue weighted by molar-refractivity contribution is 6.33. The van der Waals surface area contributed by atoms with Crippen molar-refractivity contribution in [3.05, 3.63) is 58.7 Å². The zero-order valence-corrected chi connectivity index (χ0v) is 15.8. The molecule has 0 amide bonds. The van der Waals surface area contributed by atoms with Crippen LogP contribution in [0, 0.1) is 13.8 Å². The van der Waals surface area contributed by atoms with E-state index in [-0.39, 0.29) is 0 Å². The minimum atomic E-state index is 0.470. The molecule has 4 rings (SSSR count). The fourth-order valence-electron chi connectivity index (χ4n) is 2.94. The summed E-state index contributed by atoms with van der Waals surface area (Å²) in [6.07, 6.45) is 1.69. The first-order chi connectivity index (χ1) is 13.1. The van der Waals surface area contributed by atoms with Gasteiger partial charge in [-0.25, -0.2) is 4.98 Å². The summed E-state index contributed by atoms with van der Waals surface area (Å²) in [5.74, 6) is 2.58. The van der Waals surface area contributed by atoms with Gasteiger partial charge in [0, 0.05) is 18.0 Å². The lowest BCUT2D eigenvalue weighted by Crippen LogP contribution is -2.15. The minimum Gasteiger partial charge on any atom is -0.486 e. The smallest absolute Gasteiger partial charge is 0.229 e. The van der Waals surface area contributed by atoms with E-state index in [1.165, 1.54) is 0 Å². The number of aromatic nitrogens is 2. The Bertz CT molecular complexity index is 970. The molecule has 7 heteroatoms. The third-order valence-corrected chi connectivity index (χ3v) is 4.44. The largest absolute Gasteiger partial charge is 0.486 e. The zero-order valence-electron chi connectivity index (χ0n) is 15.0. The number of benzene rings is 2. The molecule has 2 heterocycles. The van der Waals surface area contributed by atoms with Gasteiger partial charge in [0.25, 0.3) is 0 Å². The maximum absolute atomic E-state index is 6.37. The fourth-order valence-corrected chi connectivity index (χ4v) is 3.31. The predicted octanol–water partition coefficient (Wildman–Crippen LogP) is 5.01. The molecule has 0 bridgehead atoms. The Hall–Kier alpha value is -2.99. The van der Waals surface area contributed by atoms with Crippen LogP contribution in [0.5, 0.6) is 11.5 Å². The molecule has 3 aromatic rings. The molecule has 2 N–H and O–H groups in total. The molecular formula is C20H19ClN4O2. The molecule has 1 aliphatic rings. The fraction of sp³-hybridized carbons (Fsp3) is 0.200.